The predicted molar refractivity (Wildman–Crippen MR) is 141 cm³/mol. The SMILES string of the molecule is CCCCCCCCCC(=O)C(OC(=O)C(CC)CCCC)C(CO)OC(=O)C(CC)CCCC. The molecule has 6 nitrogen and oxygen atoms in total. The molecule has 0 radical (unpaired) electrons. The topological polar surface area (TPSA) is 89.9 Å². The van der Waals surface area contributed by atoms with Gasteiger partial charge < -0.3 is 14.6 Å². The van der Waals surface area contributed by atoms with E-state index in [1.165, 1.54) is 19.3 Å². The number of ketones is 1. The maximum Gasteiger partial charge on any atom is 0.309 e. The third-order valence-corrected chi connectivity index (χ3v) is 6.84. The first-order chi connectivity index (χ1) is 16.9. The second kappa shape index (κ2) is 21.8. The molecule has 35 heavy (non-hydrogen) atoms. The third-order valence-electron chi connectivity index (χ3n) is 6.84. The van der Waals surface area contributed by atoms with Gasteiger partial charge in [-0.1, -0.05) is 98.8 Å². The summed E-state index contributed by atoms with van der Waals surface area (Å²) in [6.07, 6.45) is 11.7. The van der Waals surface area contributed by atoms with Gasteiger partial charge in [0.2, 0.25) is 0 Å². The molecule has 0 heterocycles. The lowest BCUT2D eigenvalue weighted by Gasteiger charge is -2.27. The molecule has 0 rings (SSSR count). The minimum atomic E-state index is -1.25. The summed E-state index contributed by atoms with van der Waals surface area (Å²) >= 11 is 0. The van der Waals surface area contributed by atoms with Crippen LogP contribution < -0.4 is 0 Å². The monoisotopic (exact) mass is 498 g/mol. The average Bonchev–Trinajstić information content (AvgIpc) is 2.86. The average molecular weight is 499 g/mol. The van der Waals surface area contributed by atoms with E-state index >= 15 is 0 Å². The van der Waals surface area contributed by atoms with Crippen LogP contribution in [0.3, 0.4) is 0 Å². The molecule has 206 valence electrons. The van der Waals surface area contributed by atoms with Crippen LogP contribution in [0.2, 0.25) is 0 Å². The molecule has 4 unspecified atom stereocenters. The molecule has 0 saturated carbocycles. The van der Waals surface area contributed by atoms with Crippen molar-refractivity contribution in [1.82, 2.24) is 0 Å². The van der Waals surface area contributed by atoms with E-state index < -0.39 is 30.8 Å². The van der Waals surface area contributed by atoms with Crippen LogP contribution in [0.25, 0.3) is 0 Å². The summed E-state index contributed by atoms with van der Waals surface area (Å²) in [4.78, 5) is 38.9. The van der Waals surface area contributed by atoms with Gasteiger partial charge in [-0.15, -0.1) is 0 Å². The maximum atomic E-state index is 13.2. The van der Waals surface area contributed by atoms with E-state index in [4.69, 9.17) is 9.47 Å². The fourth-order valence-corrected chi connectivity index (χ4v) is 4.29. The molecule has 0 aliphatic carbocycles. The van der Waals surface area contributed by atoms with Crippen LogP contribution in [-0.2, 0) is 23.9 Å². The van der Waals surface area contributed by atoms with Gasteiger partial charge >= 0.3 is 11.9 Å². The number of hydrogen-bond donors (Lipinski definition) is 1. The lowest BCUT2D eigenvalue weighted by molar-refractivity contribution is -0.179. The van der Waals surface area contributed by atoms with Gasteiger partial charge in [-0.2, -0.15) is 0 Å². The standard InChI is InChI=1S/C29H54O6/c1-6-11-14-15-16-17-18-21-25(31)27(35-29(33)24(10-5)20-13-8-3)26(22-30)34-28(32)23(9-4)19-12-7-2/h23-24,26-27,30H,6-22H2,1-5H3. The van der Waals surface area contributed by atoms with Crippen LogP contribution >= 0.6 is 0 Å². The highest BCUT2D eigenvalue weighted by atomic mass is 16.6. The first-order valence-corrected chi connectivity index (χ1v) is 14.4. The minimum absolute atomic E-state index is 0.249. The zero-order chi connectivity index (χ0) is 26.5. The van der Waals surface area contributed by atoms with Crippen LogP contribution in [0.4, 0.5) is 0 Å². The predicted octanol–water partition coefficient (Wildman–Crippen LogP) is 6.94. The summed E-state index contributed by atoms with van der Waals surface area (Å²) in [5.74, 6) is -1.72. The Bertz CT molecular complexity index is 561. The van der Waals surface area contributed by atoms with Gasteiger partial charge in [0.15, 0.2) is 18.0 Å². The number of carbonyl (C=O) groups excluding carboxylic acids is 3. The molecule has 6 heteroatoms. The molecule has 0 aliphatic heterocycles. The Kier molecular flexibility index (Phi) is 20.9. The first kappa shape index (κ1) is 33.6. The van der Waals surface area contributed by atoms with Crippen LogP contribution in [0.5, 0.6) is 0 Å². The van der Waals surface area contributed by atoms with E-state index in [1.807, 2.05) is 13.8 Å². The van der Waals surface area contributed by atoms with Crippen molar-refractivity contribution < 1.29 is 29.0 Å². The zero-order valence-corrected chi connectivity index (χ0v) is 23.3. The van der Waals surface area contributed by atoms with Crippen molar-refractivity contribution in [2.45, 2.75) is 150 Å². The second-order valence-corrected chi connectivity index (χ2v) is 9.85. The number of hydrogen-bond acceptors (Lipinski definition) is 6. The van der Waals surface area contributed by atoms with E-state index in [0.717, 1.165) is 44.9 Å². The van der Waals surface area contributed by atoms with Gasteiger partial charge in [-0.05, 0) is 32.1 Å². The third kappa shape index (κ3) is 14.7. The number of esters is 2. The van der Waals surface area contributed by atoms with Crippen LogP contribution in [0.15, 0.2) is 0 Å². The molecule has 0 aromatic rings. The molecule has 0 aliphatic rings. The van der Waals surface area contributed by atoms with E-state index in [1.54, 1.807) is 0 Å². The maximum absolute atomic E-state index is 13.2. The lowest BCUT2D eigenvalue weighted by Crippen LogP contribution is -2.45. The zero-order valence-electron chi connectivity index (χ0n) is 23.3. The molecule has 0 aromatic carbocycles. The van der Waals surface area contributed by atoms with Crippen molar-refractivity contribution in [3.05, 3.63) is 0 Å². The Balaban J connectivity index is 5.32. The van der Waals surface area contributed by atoms with E-state index in [9.17, 15) is 19.5 Å². The molecule has 0 aromatic heterocycles. The highest BCUT2D eigenvalue weighted by Crippen LogP contribution is 2.21. The Morgan fingerprint density at radius 2 is 1.09 bits per heavy atom. The summed E-state index contributed by atoms with van der Waals surface area (Å²) in [5.41, 5.74) is 0. The molecule has 0 bridgehead atoms. The number of rotatable bonds is 23. The van der Waals surface area contributed by atoms with Crippen LogP contribution in [-0.4, -0.2) is 41.6 Å². The van der Waals surface area contributed by atoms with Crippen molar-refractivity contribution >= 4 is 17.7 Å². The largest absolute Gasteiger partial charge is 0.455 e. The van der Waals surface area contributed by atoms with Crippen molar-refractivity contribution in [2.75, 3.05) is 6.61 Å². The van der Waals surface area contributed by atoms with E-state index in [-0.39, 0.29) is 24.0 Å². The Hall–Kier alpha value is -1.43. The number of aliphatic hydroxyl groups is 1. The molecule has 1 N–H and O–H groups in total. The van der Waals surface area contributed by atoms with Gasteiger partial charge in [-0.25, -0.2) is 0 Å². The minimum Gasteiger partial charge on any atom is -0.455 e. The second-order valence-electron chi connectivity index (χ2n) is 9.85. The number of carbonyl (C=O) groups is 3. The van der Waals surface area contributed by atoms with Gasteiger partial charge in [0.1, 0.15) is 0 Å². The Morgan fingerprint density at radius 3 is 1.54 bits per heavy atom. The highest BCUT2D eigenvalue weighted by molar-refractivity contribution is 5.87. The van der Waals surface area contributed by atoms with Crippen molar-refractivity contribution in [3.63, 3.8) is 0 Å². The molecule has 0 spiro atoms. The van der Waals surface area contributed by atoms with Crippen LogP contribution in [0, 0.1) is 11.8 Å². The smallest absolute Gasteiger partial charge is 0.309 e. The molecule has 0 saturated heterocycles. The quantitative estimate of drug-likeness (QED) is 0.121. The van der Waals surface area contributed by atoms with Crippen molar-refractivity contribution in [2.24, 2.45) is 11.8 Å². The summed E-state index contributed by atoms with van der Waals surface area (Å²) in [6, 6.07) is 0. The Morgan fingerprint density at radius 1 is 0.629 bits per heavy atom. The fourth-order valence-electron chi connectivity index (χ4n) is 4.29. The number of unbranched alkanes of at least 4 members (excludes halogenated alkanes) is 8. The summed E-state index contributed by atoms with van der Waals surface area (Å²) in [5, 5.41) is 10.0. The normalized spacial score (nSPS) is 14.7. The van der Waals surface area contributed by atoms with Gasteiger partial charge in [0.25, 0.3) is 0 Å². The van der Waals surface area contributed by atoms with Gasteiger partial charge in [0.05, 0.1) is 18.4 Å². The number of ether oxygens (including phenoxy) is 2. The first-order valence-electron chi connectivity index (χ1n) is 14.4. The van der Waals surface area contributed by atoms with Crippen molar-refractivity contribution in [3.8, 4) is 0 Å². The molecule has 0 fully saturated rings. The Labute approximate surface area is 214 Å². The van der Waals surface area contributed by atoms with Crippen LogP contribution in [0.1, 0.15) is 137 Å². The summed E-state index contributed by atoms with van der Waals surface area (Å²) in [6.45, 7) is 9.62. The molecular weight excluding hydrogens is 444 g/mol. The summed E-state index contributed by atoms with van der Waals surface area (Å²) in [7, 11) is 0. The summed E-state index contributed by atoms with van der Waals surface area (Å²) < 4.78 is 11.3. The van der Waals surface area contributed by atoms with Crippen molar-refractivity contribution in [1.29, 1.82) is 0 Å². The molecular formula is C29H54O6. The highest BCUT2D eigenvalue weighted by Gasteiger charge is 2.36. The number of Topliss-reactive ketones (excluding diaryl/α,β-unsaturated/α-hetero) is 1. The fraction of sp³-hybridized carbons (Fsp3) is 0.897. The lowest BCUT2D eigenvalue weighted by atomic mass is 9.98. The molecule has 4 atom stereocenters. The van der Waals surface area contributed by atoms with E-state index in [2.05, 4.69) is 20.8 Å². The van der Waals surface area contributed by atoms with Gasteiger partial charge in [0, 0.05) is 6.42 Å². The number of aliphatic hydroxyl groups excluding tert-OH is 1. The van der Waals surface area contributed by atoms with E-state index in [0.29, 0.717) is 32.1 Å². The molecule has 0 amide bonds. The van der Waals surface area contributed by atoms with Gasteiger partial charge in [-0.3, -0.25) is 14.4 Å².